The van der Waals surface area contributed by atoms with E-state index in [0.29, 0.717) is 30.2 Å². The number of ether oxygens (including phenoxy) is 1. The summed E-state index contributed by atoms with van der Waals surface area (Å²) in [7, 11) is 0. The first-order chi connectivity index (χ1) is 17.6. The number of anilines is 1. The Morgan fingerprint density at radius 3 is 2.72 bits per heavy atom. The van der Waals surface area contributed by atoms with Gasteiger partial charge in [-0.3, -0.25) is 14.6 Å². The van der Waals surface area contributed by atoms with E-state index in [4.69, 9.17) is 10.5 Å². The molecule has 1 fully saturated rings. The van der Waals surface area contributed by atoms with Gasteiger partial charge in [0.15, 0.2) is 5.82 Å². The number of nitrogens with zero attached hydrogens (tertiary/aromatic N) is 3. The van der Waals surface area contributed by atoms with E-state index in [2.05, 4.69) is 25.6 Å². The van der Waals surface area contributed by atoms with Gasteiger partial charge in [0, 0.05) is 23.7 Å². The second-order valence-corrected chi connectivity index (χ2v) is 9.42. The summed E-state index contributed by atoms with van der Waals surface area (Å²) in [6.45, 7) is 1.77. The van der Waals surface area contributed by atoms with Crippen molar-refractivity contribution in [2.75, 3.05) is 18.4 Å². The number of esters is 1. The monoisotopic (exact) mass is 502 g/mol. The maximum atomic E-state index is 12.8. The molecule has 0 radical (unpaired) electrons. The summed E-state index contributed by atoms with van der Waals surface area (Å²) in [5.74, 6) is -1.06. The summed E-state index contributed by atoms with van der Waals surface area (Å²) >= 11 is 1.43. The number of nitrogens with two attached hydrogens (primary N) is 1. The Morgan fingerprint density at radius 1 is 1.17 bits per heavy atom. The number of pyridine rings is 1. The highest BCUT2D eigenvalue weighted by molar-refractivity contribution is 7.17. The highest BCUT2D eigenvalue weighted by atomic mass is 32.1. The molecule has 0 aliphatic carbocycles. The summed E-state index contributed by atoms with van der Waals surface area (Å²) in [4.78, 5) is 39.5. The molecule has 1 saturated heterocycles. The summed E-state index contributed by atoms with van der Waals surface area (Å²) in [6, 6.07) is 15.6. The Balaban J connectivity index is 1.53. The third-order valence-electron chi connectivity index (χ3n) is 6.06. The van der Waals surface area contributed by atoms with Crippen LogP contribution in [0.1, 0.15) is 30.5 Å². The molecule has 1 aromatic carbocycles. The molecule has 1 aliphatic heterocycles. The molecule has 5 rings (SSSR count). The second-order valence-electron chi connectivity index (χ2n) is 8.56. The Bertz CT molecular complexity index is 1360. The SMILES string of the molecule is NC(=O)C(OC(=O)C1CCCNC1)c1nc(NCc2ccccn2)c2c(-c3ccccc3)csc2n1. The van der Waals surface area contributed by atoms with Gasteiger partial charge in [-0.1, -0.05) is 36.4 Å². The fourth-order valence-corrected chi connectivity index (χ4v) is 5.17. The minimum Gasteiger partial charge on any atom is -0.444 e. The normalized spacial score (nSPS) is 16.4. The van der Waals surface area contributed by atoms with Crippen LogP contribution >= 0.6 is 11.3 Å². The number of nitrogens with one attached hydrogen (secondary N) is 2. The number of fused-ring (bicyclic) bond motifs is 1. The van der Waals surface area contributed by atoms with Crippen LogP contribution in [0.25, 0.3) is 21.3 Å². The Hall–Kier alpha value is -3.89. The molecule has 1 amide bonds. The van der Waals surface area contributed by atoms with Crippen LogP contribution in [0.5, 0.6) is 0 Å². The molecule has 36 heavy (non-hydrogen) atoms. The van der Waals surface area contributed by atoms with Gasteiger partial charge < -0.3 is 21.1 Å². The minimum atomic E-state index is -1.39. The number of hydrogen-bond donors (Lipinski definition) is 3. The molecule has 1 aliphatic rings. The molecule has 4 N–H and O–H groups in total. The standard InChI is InChI=1S/C26H26N6O3S/c27-22(33)21(35-26(34)17-9-6-11-28-13-17)24-31-23(30-14-18-10-4-5-12-29-18)20-19(15-36-25(20)32-24)16-7-2-1-3-8-16/h1-5,7-8,10,12,15,17,21,28H,6,9,11,13-14H2,(H2,27,33)(H,30,31,32). The van der Waals surface area contributed by atoms with Gasteiger partial charge in [0.2, 0.25) is 6.10 Å². The lowest BCUT2D eigenvalue weighted by Crippen LogP contribution is -2.37. The fourth-order valence-electron chi connectivity index (χ4n) is 4.21. The first kappa shape index (κ1) is 23.8. The van der Waals surface area contributed by atoms with Crippen molar-refractivity contribution < 1.29 is 14.3 Å². The molecular weight excluding hydrogens is 476 g/mol. The van der Waals surface area contributed by atoms with Crippen molar-refractivity contribution in [3.63, 3.8) is 0 Å². The highest BCUT2D eigenvalue weighted by Crippen LogP contribution is 2.38. The summed E-state index contributed by atoms with van der Waals surface area (Å²) in [5, 5.41) is 9.34. The molecule has 0 saturated carbocycles. The van der Waals surface area contributed by atoms with Crippen molar-refractivity contribution >= 4 is 39.2 Å². The van der Waals surface area contributed by atoms with Gasteiger partial charge in [-0.25, -0.2) is 9.97 Å². The van der Waals surface area contributed by atoms with Crippen LogP contribution in [0.15, 0.2) is 60.1 Å². The van der Waals surface area contributed by atoms with Crippen LogP contribution < -0.4 is 16.4 Å². The van der Waals surface area contributed by atoms with Gasteiger partial charge >= 0.3 is 5.97 Å². The van der Waals surface area contributed by atoms with Crippen molar-refractivity contribution in [1.29, 1.82) is 0 Å². The Morgan fingerprint density at radius 2 is 2.00 bits per heavy atom. The quantitative estimate of drug-likeness (QED) is 0.312. The van der Waals surface area contributed by atoms with Gasteiger partial charge in [-0.15, -0.1) is 11.3 Å². The maximum absolute atomic E-state index is 12.8. The zero-order valence-corrected chi connectivity index (χ0v) is 20.3. The minimum absolute atomic E-state index is 0.0529. The van der Waals surface area contributed by atoms with E-state index < -0.39 is 18.0 Å². The number of benzene rings is 1. The summed E-state index contributed by atoms with van der Waals surface area (Å²) < 4.78 is 5.58. The number of piperidine rings is 1. The van der Waals surface area contributed by atoms with Gasteiger partial charge in [-0.05, 0) is 37.1 Å². The van der Waals surface area contributed by atoms with Crippen molar-refractivity contribution in [1.82, 2.24) is 20.3 Å². The zero-order valence-electron chi connectivity index (χ0n) is 19.5. The van der Waals surface area contributed by atoms with E-state index in [-0.39, 0.29) is 11.7 Å². The number of rotatable bonds is 8. The predicted molar refractivity (Wildman–Crippen MR) is 138 cm³/mol. The van der Waals surface area contributed by atoms with Crippen LogP contribution in [-0.4, -0.2) is 39.9 Å². The molecule has 184 valence electrons. The predicted octanol–water partition coefficient (Wildman–Crippen LogP) is 3.43. The van der Waals surface area contributed by atoms with E-state index in [9.17, 15) is 9.59 Å². The topological polar surface area (TPSA) is 132 Å². The van der Waals surface area contributed by atoms with Crippen LogP contribution in [0, 0.1) is 5.92 Å². The lowest BCUT2D eigenvalue weighted by Gasteiger charge is -2.23. The lowest BCUT2D eigenvalue weighted by atomic mass is 10.00. The molecule has 2 unspecified atom stereocenters. The Labute approximate surface area is 212 Å². The third-order valence-corrected chi connectivity index (χ3v) is 6.93. The Kier molecular flexibility index (Phi) is 7.15. The van der Waals surface area contributed by atoms with E-state index in [0.717, 1.165) is 35.2 Å². The van der Waals surface area contributed by atoms with Gasteiger partial charge in [0.1, 0.15) is 10.6 Å². The number of aromatic nitrogens is 3. The van der Waals surface area contributed by atoms with E-state index in [1.165, 1.54) is 11.3 Å². The molecule has 2 atom stereocenters. The second kappa shape index (κ2) is 10.8. The number of primary amides is 1. The van der Waals surface area contributed by atoms with Crippen molar-refractivity contribution in [3.05, 3.63) is 71.6 Å². The smallest absolute Gasteiger partial charge is 0.311 e. The number of amides is 1. The van der Waals surface area contributed by atoms with Gasteiger partial charge in [0.05, 0.1) is 23.5 Å². The van der Waals surface area contributed by atoms with Crippen LogP contribution in [-0.2, 0) is 20.9 Å². The van der Waals surface area contributed by atoms with E-state index >= 15 is 0 Å². The number of hydrogen-bond acceptors (Lipinski definition) is 9. The summed E-state index contributed by atoms with van der Waals surface area (Å²) in [5.41, 5.74) is 8.47. The van der Waals surface area contributed by atoms with Crippen molar-refractivity contribution in [2.45, 2.75) is 25.5 Å². The average Bonchev–Trinajstić information content (AvgIpc) is 3.36. The first-order valence-electron chi connectivity index (χ1n) is 11.8. The van der Waals surface area contributed by atoms with E-state index in [1.807, 2.05) is 53.9 Å². The average molecular weight is 503 g/mol. The van der Waals surface area contributed by atoms with Crippen LogP contribution in [0.4, 0.5) is 5.82 Å². The fraction of sp³-hybridized carbons (Fsp3) is 0.269. The molecular formula is C26H26N6O3S. The van der Waals surface area contributed by atoms with Crippen LogP contribution in [0.3, 0.4) is 0 Å². The molecule has 3 aromatic heterocycles. The van der Waals surface area contributed by atoms with Gasteiger partial charge in [0.25, 0.3) is 5.91 Å². The largest absolute Gasteiger partial charge is 0.444 e. The zero-order chi connectivity index (χ0) is 24.9. The lowest BCUT2D eigenvalue weighted by molar-refractivity contribution is -0.160. The van der Waals surface area contributed by atoms with Gasteiger partial charge in [-0.2, -0.15) is 0 Å². The molecule has 0 spiro atoms. The van der Waals surface area contributed by atoms with Crippen molar-refractivity contribution in [3.8, 4) is 11.1 Å². The molecule has 10 heteroatoms. The third kappa shape index (κ3) is 5.19. The maximum Gasteiger partial charge on any atom is 0.311 e. The first-order valence-corrected chi connectivity index (χ1v) is 12.7. The number of thiophene rings is 1. The highest BCUT2D eigenvalue weighted by Gasteiger charge is 2.31. The molecule has 9 nitrogen and oxygen atoms in total. The number of carbonyl (C=O) groups is 2. The molecule has 0 bridgehead atoms. The van der Waals surface area contributed by atoms with Crippen LogP contribution in [0.2, 0.25) is 0 Å². The summed E-state index contributed by atoms with van der Waals surface area (Å²) in [6.07, 6.45) is 1.89. The van der Waals surface area contributed by atoms with Crippen molar-refractivity contribution in [2.24, 2.45) is 11.7 Å². The molecule has 4 heterocycles. The number of carbonyl (C=O) groups excluding carboxylic acids is 2. The molecule has 4 aromatic rings. The van der Waals surface area contributed by atoms with E-state index in [1.54, 1.807) is 6.20 Å².